The van der Waals surface area contributed by atoms with Crippen LogP contribution in [0, 0.1) is 5.92 Å². The Morgan fingerprint density at radius 2 is 2.14 bits per heavy atom. The molecule has 0 saturated carbocycles. The molecule has 1 aromatic carbocycles. The van der Waals surface area contributed by atoms with Crippen LogP contribution in [0.1, 0.15) is 31.4 Å². The number of rotatable bonds is 5. The van der Waals surface area contributed by atoms with Gasteiger partial charge in [-0.05, 0) is 24.9 Å². The molecule has 1 amide bonds. The van der Waals surface area contributed by atoms with E-state index in [0.29, 0.717) is 12.0 Å². The highest BCUT2D eigenvalue weighted by molar-refractivity contribution is 5.82. The van der Waals surface area contributed by atoms with Crippen LogP contribution < -0.4 is 5.32 Å². The van der Waals surface area contributed by atoms with Gasteiger partial charge in [0, 0.05) is 26.2 Å². The maximum atomic E-state index is 12.8. The molecule has 21 heavy (non-hydrogen) atoms. The first kappa shape index (κ1) is 16.0. The molecule has 4 heteroatoms. The smallest absolute Gasteiger partial charge is 0.256 e. The summed E-state index contributed by atoms with van der Waals surface area (Å²) < 4.78 is 5.47. The lowest BCUT2D eigenvalue weighted by atomic mass is 9.89. The van der Waals surface area contributed by atoms with Crippen molar-refractivity contribution in [1.29, 1.82) is 0 Å². The number of likely N-dealkylation sites (tertiary alicyclic amines) is 1. The SMILES string of the molecule is CCC1CN(C(=O)C(OC)c2ccccc2)CCC1NC. The Bertz CT molecular complexity index is 449. The molecular formula is C17H26N2O2. The zero-order valence-electron chi connectivity index (χ0n) is 13.2. The molecule has 0 bridgehead atoms. The zero-order valence-corrected chi connectivity index (χ0v) is 13.2. The molecule has 0 radical (unpaired) electrons. The van der Waals surface area contributed by atoms with E-state index < -0.39 is 6.10 Å². The Morgan fingerprint density at radius 3 is 2.71 bits per heavy atom. The van der Waals surface area contributed by atoms with Gasteiger partial charge in [-0.15, -0.1) is 0 Å². The van der Waals surface area contributed by atoms with Crippen LogP contribution >= 0.6 is 0 Å². The molecule has 0 spiro atoms. The van der Waals surface area contributed by atoms with Gasteiger partial charge in [0.05, 0.1) is 0 Å². The minimum atomic E-state index is -0.491. The number of hydrogen-bond donors (Lipinski definition) is 1. The van der Waals surface area contributed by atoms with Gasteiger partial charge in [0.15, 0.2) is 6.10 Å². The largest absolute Gasteiger partial charge is 0.367 e. The Hall–Kier alpha value is -1.39. The fourth-order valence-electron chi connectivity index (χ4n) is 3.20. The highest BCUT2D eigenvalue weighted by atomic mass is 16.5. The van der Waals surface area contributed by atoms with Crippen molar-refractivity contribution < 1.29 is 9.53 Å². The molecule has 1 aromatic rings. The fraction of sp³-hybridized carbons (Fsp3) is 0.588. The second-order valence-electron chi connectivity index (χ2n) is 5.66. The molecule has 3 unspecified atom stereocenters. The molecule has 1 aliphatic rings. The Labute approximate surface area is 127 Å². The van der Waals surface area contributed by atoms with Crippen molar-refractivity contribution >= 4 is 5.91 Å². The van der Waals surface area contributed by atoms with Crippen molar-refractivity contribution in [3.8, 4) is 0 Å². The number of methoxy groups -OCH3 is 1. The Morgan fingerprint density at radius 1 is 1.43 bits per heavy atom. The molecular weight excluding hydrogens is 264 g/mol. The van der Waals surface area contributed by atoms with Gasteiger partial charge in [-0.1, -0.05) is 43.7 Å². The normalized spacial score (nSPS) is 23.9. The second kappa shape index (κ2) is 7.57. The zero-order chi connectivity index (χ0) is 15.2. The molecule has 1 saturated heterocycles. The average Bonchev–Trinajstić information content (AvgIpc) is 2.55. The number of nitrogens with one attached hydrogen (secondary N) is 1. The van der Waals surface area contributed by atoms with Crippen LogP contribution in [0.25, 0.3) is 0 Å². The number of amides is 1. The summed E-state index contributed by atoms with van der Waals surface area (Å²) in [5.41, 5.74) is 0.925. The van der Waals surface area contributed by atoms with Crippen molar-refractivity contribution in [1.82, 2.24) is 10.2 Å². The molecule has 1 heterocycles. The van der Waals surface area contributed by atoms with Gasteiger partial charge in [0.2, 0.25) is 0 Å². The first-order valence-corrected chi connectivity index (χ1v) is 7.75. The first-order valence-electron chi connectivity index (χ1n) is 7.75. The van der Waals surface area contributed by atoms with E-state index in [2.05, 4.69) is 12.2 Å². The van der Waals surface area contributed by atoms with Crippen LogP contribution in [-0.2, 0) is 9.53 Å². The van der Waals surface area contributed by atoms with Gasteiger partial charge in [0.1, 0.15) is 0 Å². The number of nitrogens with zero attached hydrogens (tertiary/aromatic N) is 1. The third-order valence-electron chi connectivity index (χ3n) is 4.50. The van der Waals surface area contributed by atoms with Gasteiger partial charge in [-0.25, -0.2) is 0 Å². The first-order chi connectivity index (χ1) is 10.2. The van der Waals surface area contributed by atoms with Crippen LogP contribution in [0.15, 0.2) is 30.3 Å². The Kier molecular flexibility index (Phi) is 5.76. The number of hydrogen-bond acceptors (Lipinski definition) is 3. The summed E-state index contributed by atoms with van der Waals surface area (Å²) in [5.74, 6) is 0.595. The lowest BCUT2D eigenvalue weighted by Gasteiger charge is -2.39. The second-order valence-corrected chi connectivity index (χ2v) is 5.66. The van der Waals surface area contributed by atoms with Gasteiger partial charge >= 0.3 is 0 Å². The molecule has 0 aromatic heterocycles. The summed E-state index contributed by atoms with van der Waals surface area (Å²) in [6.45, 7) is 3.80. The van der Waals surface area contributed by atoms with Crippen LogP contribution in [0.5, 0.6) is 0 Å². The predicted molar refractivity (Wildman–Crippen MR) is 84.0 cm³/mol. The summed E-state index contributed by atoms with van der Waals surface area (Å²) in [6, 6.07) is 10.2. The minimum Gasteiger partial charge on any atom is -0.367 e. The number of piperidine rings is 1. The maximum absolute atomic E-state index is 12.8. The third kappa shape index (κ3) is 3.63. The highest BCUT2D eigenvalue weighted by Gasteiger charge is 2.33. The van der Waals surface area contributed by atoms with Gasteiger partial charge in [-0.3, -0.25) is 4.79 Å². The molecule has 1 aliphatic heterocycles. The monoisotopic (exact) mass is 290 g/mol. The van der Waals surface area contributed by atoms with E-state index >= 15 is 0 Å². The van der Waals surface area contributed by atoms with Crippen molar-refractivity contribution in [2.24, 2.45) is 5.92 Å². The van der Waals surface area contributed by atoms with Crippen molar-refractivity contribution in [3.63, 3.8) is 0 Å². The predicted octanol–water partition coefficient (Wildman–Crippen LogP) is 2.22. The number of carbonyl (C=O) groups excluding carboxylic acids is 1. The lowest BCUT2D eigenvalue weighted by molar-refractivity contribution is -0.144. The summed E-state index contributed by atoms with van der Waals surface area (Å²) in [7, 11) is 3.61. The van der Waals surface area contributed by atoms with Crippen molar-refractivity contribution in [2.45, 2.75) is 31.9 Å². The van der Waals surface area contributed by atoms with E-state index in [1.54, 1.807) is 7.11 Å². The van der Waals surface area contributed by atoms with Crippen LogP contribution in [0.4, 0.5) is 0 Å². The third-order valence-corrected chi connectivity index (χ3v) is 4.50. The molecule has 116 valence electrons. The molecule has 3 atom stereocenters. The quantitative estimate of drug-likeness (QED) is 0.904. The standard InChI is InChI=1S/C17H26N2O2/c1-4-13-12-19(11-10-15(13)18-2)17(20)16(21-3)14-8-6-5-7-9-14/h5-9,13,15-16,18H,4,10-12H2,1-3H3. The number of ether oxygens (including phenoxy) is 1. The van der Waals surface area contributed by atoms with E-state index in [1.165, 1.54) is 0 Å². The summed E-state index contributed by atoms with van der Waals surface area (Å²) in [5, 5.41) is 3.37. The molecule has 0 aliphatic carbocycles. The van der Waals surface area contributed by atoms with Crippen molar-refractivity contribution in [3.05, 3.63) is 35.9 Å². The van der Waals surface area contributed by atoms with E-state index in [4.69, 9.17) is 4.74 Å². The summed E-state index contributed by atoms with van der Waals surface area (Å²) in [4.78, 5) is 14.7. The molecule has 1 fully saturated rings. The Balaban J connectivity index is 2.08. The van der Waals surface area contributed by atoms with E-state index in [9.17, 15) is 4.79 Å². The number of benzene rings is 1. The van der Waals surface area contributed by atoms with E-state index in [0.717, 1.165) is 31.5 Å². The van der Waals surface area contributed by atoms with Crippen LogP contribution in [0.3, 0.4) is 0 Å². The molecule has 1 N–H and O–H groups in total. The van der Waals surface area contributed by atoms with Crippen LogP contribution in [-0.4, -0.2) is 44.1 Å². The number of carbonyl (C=O) groups is 1. The van der Waals surface area contributed by atoms with Gasteiger partial charge in [0.25, 0.3) is 5.91 Å². The van der Waals surface area contributed by atoms with E-state index in [1.807, 2.05) is 42.3 Å². The summed E-state index contributed by atoms with van der Waals surface area (Å²) >= 11 is 0. The topological polar surface area (TPSA) is 41.6 Å². The average molecular weight is 290 g/mol. The maximum Gasteiger partial charge on any atom is 0.256 e. The van der Waals surface area contributed by atoms with Crippen LogP contribution in [0.2, 0.25) is 0 Å². The lowest BCUT2D eigenvalue weighted by Crippen LogP contribution is -2.51. The summed E-state index contributed by atoms with van der Waals surface area (Å²) in [6.07, 6.45) is 1.60. The van der Waals surface area contributed by atoms with Gasteiger partial charge in [-0.2, -0.15) is 0 Å². The fourth-order valence-corrected chi connectivity index (χ4v) is 3.20. The minimum absolute atomic E-state index is 0.0803. The van der Waals surface area contributed by atoms with Gasteiger partial charge < -0.3 is 15.0 Å². The highest BCUT2D eigenvalue weighted by Crippen LogP contribution is 2.25. The molecule has 4 nitrogen and oxygen atoms in total. The van der Waals surface area contributed by atoms with E-state index in [-0.39, 0.29) is 5.91 Å². The molecule has 2 rings (SSSR count). The van der Waals surface area contributed by atoms with Crippen molar-refractivity contribution in [2.75, 3.05) is 27.2 Å².